The average molecular weight is 379 g/mol. The predicted octanol–water partition coefficient (Wildman–Crippen LogP) is 3.76. The Bertz CT molecular complexity index is 934. The molecule has 0 saturated carbocycles. The van der Waals surface area contributed by atoms with Crippen LogP contribution in [-0.2, 0) is 9.53 Å². The van der Waals surface area contributed by atoms with Crippen molar-refractivity contribution in [3.05, 3.63) is 71.3 Å². The van der Waals surface area contributed by atoms with Gasteiger partial charge in [0.2, 0.25) is 0 Å². The van der Waals surface area contributed by atoms with Gasteiger partial charge in [-0.3, -0.25) is 0 Å². The highest BCUT2D eigenvalue weighted by Crippen LogP contribution is 2.50. The van der Waals surface area contributed by atoms with Crippen molar-refractivity contribution in [3.63, 3.8) is 0 Å². The molecule has 144 valence electrons. The number of benzene rings is 2. The molecule has 6 nitrogen and oxygen atoms in total. The maximum Gasteiger partial charge on any atom is 0.343 e. The van der Waals surface area contributed by atoms with E-state index < -0.39 is 11.9 Å². The zero-order chi connectivity index (χ0) is 19.7. The Kier molecular flexibility index (Phi) is 4.77. The van der Waals surface area contributed by atoms with Crippen LogP contribution in [0.5, 0.6) is 5.75 Å². The van der Waals surface area contributed by atoms with Gasteiger partial charge in [-0.25, -0.2) is 9.59 Å². The number of methoxy groups -OCH3 is 1. The van der Waals surface area contributed by atoms with E-state index in [1.165, 1.54) is 7.11 Å². The van der Waals surface area contributed by atoms with Crippen molar-refractivity contribution in [1.82, 2.24) is 0 Å². The fourth-order valence-electron chi connectivity index (χ4n) is 4.03. The summed E-state index contributed by atoms with van der Waals surface area (Å²) >= 11 is 0. The molecule has 0 bridgehead atoms. The summed E-state index contributed by atoms with van der Waals surface area (Å²) in [4.78, 5) is 22.5. The van der Waals surface area contributed by atoms with Crippen molar-refractivity contribution in [2.45, 2.75) is 18.4 Å². The van der Waals surface area contributed by atoms with Gasteiger partial charge in [-0.2, -0.15) is 0 Å². The number of carboxylic acids is 1. The highest BCUT2D eigenvalue weighted by Gasteiger charge is 2.38. The lowest BCUT2D eigenvalue weighted by Crippen LogP contribution is -2.29. The number of carboxylic acid groups (broad SMARTS) is 1. The van der Waals surface area contributed by atoms with E-state index in [2.05, 4.69) is 22.2 Å². The van der Waals surface area contributed by atoms with E-state index in [9.17, 15) is 14.7 Å². The fourth-order valence-corrected chi connectivity index (χ4v) is 4.03. The molecule has 2 N–H and O–H groups in total. The number of anilines is 1. The van der Waals surface area contributed by atoms with Crippen molar-refractivity contribution in [2.75, 3.05) is 19.0 Å². The van der Waals surface area contributed by atoms with E-state index in [1.807, 2.05) is 30.3 Å². The Morgan fingerprint density at radius 1 is 1.18 bits per heavy atom. The van der Waals surface area contributed by atoms with E-state index in [0.29, 0.717) is 17.2 Å². The fraction of sp³-hybridized carbons (Fsp3) is 0.273. The van der Waals surface area contributed by atoms with Crippen molar-refractivity contribution in [2.24, 2.45) is 5.92 Å². The highest BCUT2D eigenvalue weighted by atomic mass is 16.6. The van der Waals surface area contributed by atoms with Gasteiger partial charge in [-0.1, -0.05) is 24.3 Å². The van der Waals surface area contributed by atoms with Gasteiger partial charge >= 0.3 is 11.9 Å². The number of rotatable bonds is 5. The Labute approximate surface area is 162 Å². The van der Waals surface area contributed by atoms with E-state index >= 15 is 0 Å². The molecule has 0 aromatic heterocycles. The second kappa shape index (κ2) is 7.38. The second-order valence-corrected chi connectivity index (χ2v) is 7.02. The van der Waals surface area contributed by atoms with Crippen LogP contribution in [0.4, 0.5) is 5.69 Å². The van der Waals surface area contributed by atoms with E-state index in [-0.39, 0.29) is 18.6 Å². The molecule has 2 aliphatic rings. The lowest BCUT2D eigenvalue weighted by Gasteiger charge is -2.37. The second-order valence-electron chi connectivity index (χ2n) is 7.02. The first kappa shape index (κ1) is 18.1. The molecule has 6 heteroatoms. The van der Waals surface area contributed by atoms with E-state index in [0.717, 1.165) is 23.2 Å². The SMILES string of the molecule is COC(=O)COc1ccc([C@@H]2Nc3ccc(C(=O)O)cc3[C@@H]3C=CC[C@@H]32)cc1. The number of allylic oxidation sites excluding steroid dienone is 2. The summed E-state index contributed by atoms with van der Waals surface area (Å²) < 4.78 is 9.99. The lowest BCUT2D eigenvalue weighted by atomic mass is 9.76. The smallest absolute Gasteiger partial charge is 0.343 e. The number of aromatic carboxylic acids is 1. The van der Waals surface area contributed by atoms with Gasteiger partial charge in [0, 0.05) is 11.6 Å². The van der Waals surface area contributed by atoms with Crippen molar-refractivity contribution < 1.29 is 24.2 Å². The van der Waals surface area contributed by atoms with Crippen molar-refractivity contribution in [1.29, 1.82) is 0 Å². The minimum Gasteiger partial charge on any atom is -0.482 e. The van der Waals surface area contributed by atoms with Crippen molar-refractivity contribution in [3.8, 4) is 5.75 Å². The van der Waals surface area contributed by atoms with Crippen LogP contribution in [0, 0.1) is 5.92 Å². The molecule has 3 atom stereocenters. The highest BCUT2D eigenvalue weighted by molar-refractivity contribution is 5.89. The molecular formula is C22H21NO5. The predicted molar refractivity (Wildman–Crippen MR) is 104 cm³/mol. The quantitative estimate of drug-likeness (QED) is 0.608. The Balaban J connectivity index is 1.58. The average Bonchev–Trinajstić information content (AvgIpc) is 3.21. The Hall–Kier alpha value is -3.28. The summed E-state index contributed by atoms with van der Waals surface area (Å²) in [6.07, 6.45) is 5.27. The molecule has 0 radical (unpaired) electrons. The minimum atomic E-state index is -0.911. The molecule has 0 fully saturated rings. The molecule has 0 unspecified atom stereocenters. The third-order valence-electron chi connectivity index (χ3n) is 5.43. The molecule has 4 rings (SSSR count). The number of fused-ring (bicyclic) bond motifs is 3. The van der Waals surface area contributed by atoms with Crippen LogP contribution in [-0.4, -0.2) is 30.8 Å². The summed E-state index contributed by atoms with van der Waals surface area (Å²) in [5.74, 6) is -0.215. The van der Waals surface area contributed by atoms with Gasteiger partial charge in [0.1, 0.15) is 5.75 Å². The van der Waals surface area contributed by atoms with Crippen LogP contribution in [0.1, 0.15) is 39.9 Å². The zero-order valence-corrected chi connectivity index (χ0v) is 15.4. The van der Waals surface area contributed by atoms with Gasteiger partial charge in [0.15, 0.2) is 6.61 Å². The molecule has 2 aromatic rings. The molecule has 1 heterocycles. The van der Waals surface area contributed by atoms with Gasteiger partial charge in [-0.15, -0.1) is 0 Å². The molecule has 0 saturated heterocycles. The number of carbonyl (C=O) groups is 2. The number of esters is 1. The molecule has 2 aromatic carbocycles. The number of ether oxygens (including phenoxy) is 2. The first-order chi connectivity index (χ1) is 13.6. The molecular weight excluding hydrogens is 358 g/mol. The molecule has 1 aliphatic heterocycles. The van der Waals surface area contributed by atoms with E-state index in [4.69, 9.17) is 4.74 Å². The molecule has 0 spiro atoms. The normalized spacial score (nSPS) is 22.0. The number of nitrogens with one attached hydrogen (secondary N) is 1. The summed E-state index contributed by atoms with van der Waals surface area (Å²) in [7, 11) is 1.33. The monoisotopic (exact) mass is 379 g/mol. The third-order valence-corrected chi connectivity index (χ3v) is 5.43. The summed E-state index contributed by atoms with van der Waals surface area (Å²) in [6, 6.07) is 13.1. The Morgan fingerprint density at radius 2 is 1.96 bits per heavy atom. The summed E-state index contributed by atoms with van der Waals surface area (Å²) in [5, 5.41) is 12.9. The lowest BCUT2D eigenvalue weighted by molar-refractivity contribution is -0.142. The summed E-state index contributed by atoms with van der Waals surface area (Å²) in [5.41, 5.74) is 3.43. The standard InChI is InChI=1S/C22H21NO5/c1-27-20(24)12-28-15-8-5-13(6-9-15)21-17-4-2-3-16(17)18-11-14(22(25)26)7-10-19(18)23-21/h2-3,5-11,16-17,21,23H,4,12H2,1H3,(H,25,26)/t16-,17+,21+/m1/s1. The minimum absolute atomic E-state index is 0.109. The van der Waals surface area contributed by atoms with Crippen LogP contribution in [0.2, 0.25) is 0 Å². The maximum absolute atomic E-state index is 11.3. The number of hydrogen-bond donors (Lipinski definition) is 2. The largest absolute Gasteiger partial charge is 0.482 e. The van der Waals surface area contributed by atoms with Crippen LogP contribution in [0.15, 0.2) is 54.6 Å². The van der Waals surface area contributed by atoms with Crippen LogP contribution < -0.4 is 10.1 Å². The van der Waals surface area contributed by atoms with Gasteiger partial charge in [-0.05, 0) is 53.8 Å². The molecule has 0 amide bonds. The zero-order valence-electron chi connectivity index (χ0n) is 15.4. The number of carbonyl (C=O) groups excluding carboxylic acids is 1. The number of hydrogen-bond acceptors (Lipinski definition) is 5. The third kappa shape index (κ3) is 3.33. The van der Waals surface area contributed by atoms with E-state index in [1.54, 1.807) is 12.1 Å². The van der Waals surface area contributed by atoms with Gasteiger partial charge in [0.25, 0.3) is 0 Å². The van der Waals surface area contributed by atoms with Crippen LogP contribution >= 0.6 is 0 Å². The van der Waals surface area contributed by atoms with Crippen LogP contribution in [0.25, 0.3) is 0 Å². The first-order valence-corrected chi connectivity index (χ1v) is 9.17. The first-order valence-electron chi connectivity index (χ1n) is 9.17. The maximum atomic E-state index is 11.3. The Morgan fingerprint density at radius 3 is 2.68 bits per heavy atom. The topological polar surface area (TPSA) is 84.9 Å². The van der Waals surface area contributed by atoms with Crippen molar-refractivity contribution >= 4 is 17.6 Å². The van der Waals surface area contributed by atoms with Gasteiger partial charge < -0.3 is 19.9 Å². The molecule has 1 aliphatic carbocycles. The van der Waals surface area contributed by atoms with Gasteiger partial charge in [0.05, 0.1) is 18.7 Å². The summed E-state index contributed by atoms with van der Waals surface area (Å²) in [6.45, 7) is -0.120. The molecule has 28 heavy (non-hydrogen) atoms. The van der Waals surface area contributed by atoms with Crippen LogP contribution in [0.3, 0.4) is 0 Å².